The molecular weight excluding hydrogens is 228 g/mol. The Labute approximate surface area is 106 Å². The normalized spacial score (nSPS) is 10.2. The summed E-state index contributed by atoms with van der Waals surface area (Å²) in [5, 5.41) is 0. The number of nitrogens with two attached hydrogens (primary N) is 1. The van der Waals surface area contributed by atoms with Crippen LogP contribution >= 0.6 is 0 Å². The predicted octanol–water partition coefficient (Wildman–Crippen LogP) is 3.08. The van der Waals surface area contributed by atoms with E-state index in [1.165, 1.54) is 0 Å². The second-order valence-corrected chi connectivity index (χ2v) is 4.17. The van der Waals surface area contributed by atoms with Crippen molar-refractivity contribution >= 4 is 5.69 Å². The lowest BCUT2D eigenvalue weighted by atomic mass is 10.1. The molecule has 2 N–H and O–H groups in total. The Bertz CT molecular complexity index is 547. The van der Waals surface area contributed by atoms with Gasteiger partial charge in [-0.05, 0) is 43.2 Å². The third kappa shape index (κ3) is 2.71. The van der Waals surface area contributed by atoms with E-state index in [1.807, 2.05) is 26.0 Å². The molecule has 0 saturated heterocycles. The van der Waals surface area contributed by atoms with Crippen LogP contribution in [0.2, 0.25) is 0 Å². The average Bonchev–Trinajstić information content (AvgIpc) is 2.30. The van der Waals surface area contributed by atoms with Crippen molar-refractivity contribution in [3.05, 3.63) is 41.5 Å². The second kappa shape index (κ2) is 4.96. The SMILES string of the molecule is COc1ccc(N)c(Oc2cc(C)cc(C)c2)n1. The Morgan fingerprint density at radius 3 is 2.33 bits per heavy atom. The smallest absolute Gasteiger partial charge is 0.246 e. The molecule has 18 heavy (non-hydrogen) atoms. The van der Waals surface area contributed by atoms with Gasteiger partial charge in [0, 0.05) is 6.07 Å². The summed E-state index contributed by atoms with van der Waals surface area (Å²) in [4.78, 5) is 4.18. The first-order valence-corrected chi connectivity index (χ1v) is 5.65. The van der Waals surface area contributed by atoms with E-state index < -0.39 is 0 Å². The van der Waals surface area contributed by atoms with Gasteiger partial charge in [-0.1, -0.05) is 6.07 Å². The zero-order chi connectivity index (χ0) is 13.1. The average molecular weight is 244 g/mol. The molecule has 0 amide bonds. The van der Waals surface area contributed by atoms with E-state index in [9.17, 15) is 0 Å². The monoisotopic (exact) mass is 244 g/mol. The van der Waals surface area contributed by atoms with Crippen LogP contribution in [0.15, 0.2) is 30.3 Å². The number of ether oxygens (including phenoxy) is 2. The molecule has 1 aromatic heterocycles. The van der Waals surface area contributed by atoms with Crippen LogP contribution < -0.4 is 15.2 Å². The maximum Gasteiger partial charge on any atom is 0.246 e. The van der Waals surface area contributed by atoms with Crippen molar-refractivity contribution < 1.29 is 9.47 Å². The number of aryl methyl sites for hydroxylation is 2. The van der Waals surface area contributed by atoms with Gasteiger partial charge in [0.1, 0.15) is 5.75 Å². The third-order valence-electron chi connectivity index (χ3n) is 2.48. The molecule has 0 bridgehead atoms. The van der Waals surface area contributed by atoms with E-state index in [-0.39, 0.29) is 0 Å². The molecule has 4 nitrogen and oxygen atoms in total. The lowest BCUT2D eigenvalue weighted by Crippen LogP contribution is -1.97. The first-order valence-electron chi connectivity index (χ1n) is 5.65. The van der Waals surface area contributed by atoms with E-state index in [0.717, 1.165) is 16.9 Å². The minimum atomic E-state index is 0.361. The number of hydrogen-bond acceptors (Lipinski definition) is 4. The van der Waals surface area contributed by atoms with Gasteiger partial charge in [0.2, 0.25) is 11.8 Å². The van der Waals surface area contributed by atoms with Crippen molar-refractivity contribution in [1.82, 2.24) is 4.98 Å². The Balaban J connectivity index is 2.33. The van der Waals surface area contributed by atoms with E-state index in [4.69, 9.17) is 15.2 Å². The largest absolute Gasteiger partial charge is 0.481 e. The molecule has 2 rings (SSSR count). The number of benzene rings is 1. The summed E-state index contributed by atoms with van der Waals surface area (Å²) in [6, 6.07) is 9.37. The molecule has 4 heteroatoms. The molecule has 0 aliphatic heterocycles. The number of anilines is 1. The van der Waals surface area contributed by atoms with Crippen molar-refractivity contribution in [2.75, 3.05) is 12.8 Å². The quantitative estimate of drug-likeness (QED) is 0.901. The molecule has 2 aromatic rings. The number of aromatic nitrogens is 1. The summed E-state index contributed by atoms with van der Waals surface area (Å²) in [7, 11) is 1.55. The summed E-state index contributed by atoms with van der Waals surface area (Å²) < 4.78 is 10.7. The molecule has 94 valence electrons. The van der Waals surface area contributed by atoms with Gasteiger partial charge >= 0.3 is 0 Å². The van der Waals surface area contributed by atoms with Crippen LogP contribution in [-0.2, 0) is 0 Å². The Hall–Kier alpha value is -2.23. The fraction of sp³-hybridized carbons (Fsp3) is 0.214. The van der Waals surface area contributed by atoms with E-state index in [2.05, 4.69) is 11.1 Å². The molecule has 0 atom stereocenters. The molecular formula is C14H16N2O2. The predicted molar refractivity (Wildman–Crippen MR) is 71.2 cm³/mol. The van der Waals surface area contributed by atoms with Crippen molar-refractivity contribution in [1.29, 1.82) is 0 Å². The molecule has 0 spiro atoms. The topological polar surface area (TPSA) is 57.4 Å². The maximum absolute atomic E-state index is 5.83. The van der Waals surface area contributed by atoms with Crippen LogP contribution in [0.1, 0.15) is 11.1 Å². The highest BCUT2D eigenvalue weighted by Crippen LogP contribution is 2.28. The van der Waals surface area contributed by atoms with Gasteiger partial charge in [0.25, 0.3) is 0 Å². The lowest BCUT2D eigenvalue weighted by Gasteiger charge is -2.10. The highest BCUT2D eigenvalue weighted by Gasteiger charge is 2.06. The zero-order valence-corrected chi connectivity index (χ0v) is 10.7. The first-order chi connectivity index (χ1) is 8.58. The lowest BCUT2D eigenvalue weighted by molar-refractivity contribution is 0.384. The number of nitrogen functional groups attached to an aromatic ring is 1. The minimum absolute atomic E-state index is 0.361. The van der Waals surface area contributed by atoms with Gasteiger partial charge in [-0.2, -0.15) is 4.98 Å². The van der Waals surface area contributed by atoms with E-state index >= 15 is 0 Å². The summed E-state index contributed by atoms with van der Waals surface area (Å²) >= 11 is 0. The standard InChI is InChI=1S/C14H16N2O2/c1-9-6-10(2)8-11(7-9)18-14-12(15)4-5-13(16-14)17-3/h4-8H,15H2,1-3H3. The third-order valence-corrected chi connectivity index (χ3v) is 2.48. The van der Waals surface area contributed by atoms with Gasteiger partial charge in [-0.25, -0.2) is 0 Å². The fourth-order valence-corrected chi connectivity index (χ4v) is 1.73. The molecule has 0 radical (unpaired) electrons. The Morgan fingerprint density at radius 2 is 1.72 bits per heavy atom. The van der Waals surface area contributed by atoms with Crippen LogP contribution in [0.4, 0.5) is 5.69 Å². The van der Waals surface area contributed by atoms with Gasteiger partial charge < -0.3 is 15.2 Å². The van der Waals surface area contributed by atoms with E-state index in [0.29, 0.717) is 17.4 Å². The molecule has 1 heterocycles. The highest BCUT2D eigenvalue weighted by molar-refractivity contribution is 5.51. The van der Waals surface area contributed by atoms with Crippen molar-refractivity contribution in [2.45, 2.75) is 13.8 Å². The van der Waals surface area contributed by atoms with Crippen LogP contribution in [0, 0.1) is 13.8 Å². The molecule has 1 aromatic carbocycles. The molecule has 0 saturated carbocycles. The summed E-state index contributed by atoms with van der Waals surface area (Å²) in [6.07, 6.45) is 0. The van der Waals surface area contributed by atoms with Crippen molar-refractivity contribution in [3.8, 4) is 17.5 Å². The van der Waals surface area contributed by atoms with Crippen LogP contribution in [0.3, 0.4) is 0 Å². The Kier molecular flexibility index (Phi) is 3.37. The van der Waals surface area contributed by atoms with Crippen LogP contribution in [0.25, 0.3) is 0 Å². The van der Waals surface area contributed by atoms with Crippen LogP contribution in [-0.4, -0.2) is 12.1 Å². The van der Waals surface area contributed by atoms with Gasteiger partial charge in [-0.15, -0.1) is 0 Å². The first kappa shape index (κ1) is 12.2. The van der Waals surface area contributed by atoms with Crippen LogP contribution in [0.5, 0.6) is 17.5 Å². The zero-order valence-electron chi connectivity index (χ0n) is 10.7. The highest BCUT2D eigenvalue weighted by atomic mass is 16.5. The second-order valence-electron chi connectivity index (χ2n) is 4.17. The molecule has 0 aliphatic rings. The molecule has 0 unspecified atom stereocenters. The van der Waals surface area contributed by atoms with Crippen molar-refractivity contribution in [2.24, 2.45) is 0 Å². The Morgan fingerprint density at radius 1 is 1.06 bits per heavy atom. The number of methoxy groups -OCH3 is 1. The summed E-state index contributed by atoms with van der Waals surface area (Å²) in [6.45, 7) is 4.03. The van der Waals surface area contributed by atoms with Gasteiger partial charge in [-0.3, -0.25) is 0 Å². The molecule has 0 fully saturated rings. The maximum atomic E-state index is 5.83. The van der Waals surface area contributed by atoms with E-state index in [1.54, 1.807) is 19.2 Å². The van der Waals surface area contributed by atoms with Crippen molar-refractivity contribution in [3.63, 3.8) is 0 Å². The number of hydrogen-bond donors (Lipinski definition) is 1. The number of nitrogens with zero attached hydrogens (tertiary/aromatic N) is 1. The van der Waals surface area contributed by atoms with Gasteiger partial charge in [0.15, 0.2) is 0 Å². The number of pyridine rings is 1. The fourth-order valence-electron chi connectivity index (χ4n) is 1.73. The summed E-state index contributed by atoms with van der Waals surface area (Å²) in [5.41, 5.74) is 8.57. The summed E-state index contributed by atoms with van der Waals surface area (Å²) in [5.74, 6) is 1.56. The minimum Gasteiger partial charge on any atom is -0.481 e. The molecule has 0 aliphatic carbocycles. The number of rotatable bonds is 3. The van der Waals surface area contributed by atoms with Gasteiger partial charge in [0.05, 0.1) is 12.8 Å².